The number of nitrogens with two attached hydrogens (primary N) is 1. The fraction of sp³-hybridized carbons (Fsp3) is 0.429. The van der Waals surface area contributed by atoms with E-state index in [-0.39, 0.29) is 12.0 Å². The number of benzene rings is 1. The first-order valence-corrected chi connectivity index (χ1v) is 6.33. The van der Waals surface area contributed by atoms with Crippen LogP contribution in [0.1, 0.15) is 26.3 Å². The second kappa shape index (κ2) is 6.27. The van der Waals surface area contributed by atoms with Crippen molar-refractivity contribution in [3.8, 4) is 0 Å². The monoisotopic (exact) mass is 279 g/mol. The van der Waals surface area contributed by atoms with Gasteiger partial charge < -0.3 is 21.5 Å². The lowest BCUT2D eigenvalue weighted by Crippen LogP contribution is -2.44. The van der Waals surface area contributed by atoms with Crippen molar-refractivity contribution in [1.82, 2.24) is 5.32 Å². The molecule has 0 saturated heterocycles. The van der Waals surface area contributed by atoms with E-state index in [1.807, 2.05) is 24.3 Å². The Bertz CT molecular complexity index is 477. The summed E-state index contributed by atoms with van der Waals surface area (Å²) in [6.45, 7) is 6.16. The fourth-order valence-corrected chi connectivity index (χ4v) is 1.76. The van der Waals surface area contributed by atoms with Crippen molar-refractivity contribution in [1.29, 1.82) is 0 Å². The van der Waals surface area contributed by atoms with Crippen molar-refractivity contribution in [2.75, 3.05) is 5.32 Å². The zero-order chi connectivity index (χ0) is 15.3. The van der Waals surface area contributed by atoms with Crippen LogP contribution >= 0.6 is 0 Å². The van der Waals surface area contributed by atoms with Crippen molar-refractivity contribution >= 4 is 17.7 Å². The largest absolute Gasteiger partial charge is 0.480 e. The number of carbonyl (C=O) groups excluding carboxylic acids is 1. The molecule has 0 aromatic heterocycles. The summed E-state index contributed by atoms with van der Waals surface area (Å²) in [5.41, 5.74) is 6.68. The highest BCUT2D eigenvalue weighted by molar-refractivity contribution is 5.81. The lowest BCUT2D eigenvalue weighted by atomic mass is 10.0. The number of nitrogens with one attached hydrogen (secondary N) is 2. The summed E-state index contributed by atoms with van der Waals surface area (Å²) in [7, 11) is 0. The Morgan fingerprint density at radius 1 is 1.25 bits per heavy atom. The lowest BCUT2D eigenvalue weighted by molar-refractivity contribution is -0.139. The highest BCUT2D eigenvalue weighted by Crippen LogP contribution is 2.16. The van der Waals surface area contributed by atoms with Crippen molar-refractivity contribution in [3.63, 3.8) is 0 Å². The Morgan fingerprint density at radius 3 is 2.20 bits per heavy atom. The maximum absolute atomic E-state index is 11.0. The molecule has 20 heavy (non-hydrogen) atoms. The first kappa shape index (κ1) is 15.8. The van der Waals surface area contributed by atoms with Gasteiger partial charge in [-0.2, -0.15) is 0 Å². The minimum atomic E-state index is -1.11. The highest BCUT2D eigenvalue weighted by Gasteiger charge is 2.19. The molecule has 1 rings (SSSR count). The number of rotatable bonds is 5. The molecule has 110 valence electrons. The highest BCUT2D eigenvalue weighted by atomic mass is 16.4. The molecule has 1 aromatic carbocycles. The van der Waals surface area contributed by atoms with Crippen molar-refractivity contribution in [3.05, 3.63) is 29.8 Å². The molecule has 0 saturated carbocycles. The minimum absolute atomic E-state index is 0.0430. The first-order chi connectivity index (χ1) is 9.17. The molecule has 6 nitrogen and oxygen atoms in total. The molecular weight excluding hydrogens is 258 g/mol. The number of hydrogen-bond donors (Lipinski definition) is 4. The van der Waals surface area contributed by atoms with Gasteiger partial charge in [0.2, 0.25) is 0 Å². The van der Waals surface area contributed by atoms with Crippen LogP contribution in [0.15, 0.2) is 24.3 Å². The second-order valence-corrected chi connectivity index (χ2v) is 5.68. The SMILES string of the molecule is CC(C)(C)Nc1ccc(C[C@H](NC(N)=O)C(=O)O)cc1. The summed E-state index contributed by atoms with van der Waals surface area (Å²) in [5, 5.41) is 14.5. The molecule has 2 amide bonds. The zero-order valence-corrected chi connectivity index (χ0v) is 11.9. The maximum Gasteiger partial charge on any atom is 0.326 e. The topological polar surface area (TPSA) is 104 Å². The van der Waals surface area contributed by atoms with E-state index < -0.39 is 18.0 Å². The molecule has 0 heterocycles. The summed E-state index contributed by atoms with van der Waals surface area (Å²) in [6, 6.07) is 5.55. The average molecular weight is 279 g/mol. The third kappa shape index (κ3) is 5.60. The number of primary amides is 1. The molecule has 0 spiro atoms. The maximum atomic E-state index is 11.0. The quantitative estimate of drug-likeness (QED) is 0.656. The molecule has 0 radical (unpaired) electrons. The normalized spacial score (nSPS) is 12.6. The van der Waals surface area contributed by atoms with Gasteiger partial charge in [-0.1, -0.05) is 12.1 Å². The van der Waals surface area contributed by atoms with Gasteiger partial charge in [-0.05, 0) is 38.5 Å². The summed E-state index contributed by atoms with van der Waals surface area (Å²) in [5.74, 6) is -1.11. The van der Waals surface area contributed by atoms with E-state index in [0.29, 0.717) is 0 Å². The Kier molecular flexibility index (Phi) is 4.96. The molecule has 0 aliphatic heterocycles. The van der Waals surface area contributed by atoms with E-state index in [9.17, 15) is 9.59 Å². The van der Waals surface area contributed by atoms with Gasteiger partial charge in [-0.15, -0.1) is 0 Å². The predicted molar refractivity (Wildman–Crippen MR) is 77.7 cm³/mol. The third-order valence-electron chi connectivity index (χ3n) is 2.53. The Balaban J connectivity index is 2.72. The summed E-state index contributed by atoms with van der Waals surface area (Å²) < 4.78 is 0. The number of anilines is 1. The lowest BCUT2D eigenvalue weighted by Gasteiger charge is -2.22. The number of aliphatic carboxylic acids is 1. The molecular formula is C14H21N3O3. The second-order valence-electron chi connectivity index (χ2n) is 5.68. The Hall–Kier alpha value is -2.24. The van der Waals surface area contributed by atoms with Gasteiger partial charge in [0, 0.05) is 17.6 Å². The van der Waals surface area contributed by atoms with Crippen LogP contribution < -0.4 is 16.4 Å². The van der Waals surface area contributed by atoms with Crippen LogP contribution in [0.2, 0.25) is 0 Å². The van der Waals surface area contributed by atoms with Crippen LogP contribution in [0.4, 0.5) is 10.5 Å². The summed E-state index contributed by atoms with van der Waals surface area (Å²) in [4.78, 5) is 21.8. The number of hydrogen-bond acceptors (Lipinski definition) is 3. The van der Waals surface area contributed by atoms with Gasteiger partial charge in [-0.3, -0.25) is 0 Å². The van der Waals surface area contributed by atoms with Gasteiger partial charge in [0.15, 0.2) is 0 Å². The molecule has 1 aromatic rings. The summed E-state index contributed by atoms with van der Waals surface area (Å²) >= 11 is 0. The van der Waals surface area contributed by atoms with E-state index in [2.05, 4.69) is 31.4 Å². The minimum Gasteiger partial charge on any atom is -0.480 e. The van der Waals surface area contributed by atoms with Crippen LogP contribution in [0.5, 0.6) is 0 Å². The van der Waals surface area contributed by atoms with Gasteiger partial charge in [0.1, 0.15) is 6.04 Å². The molecule has 0 aliphatic carbocycles. The molecule has 0 fully saturated rings. The Labute approximate surface area is 118 Å². The van der Waals surface area contributed by atoms with Crippen LogP contribution in [0, 0.1) is 0 Å². The van der Waals surface area contributed by atoms with E-state index in [1.165, 1.54) is 0 Å². The molecule has 0 unspecified atom stereocenters. The average Bonchev–Trinajstić information content (AvgIpc) is 2.28. The predicted octanol–water partition coefficient (Wildman–Crippen LogP) is 1.56. The summed E-state index contributed by atoms with van der Waals surface area (Å²) in [6.07, 6.45) is 0.189. The number of carboxylic acids is 1. The number of urea groups is 1. The number of amides is 2. The van der Waals surface area contributed by atoms with Crippen LogP contribution in [0.25, 0.3) is 0 Å². The van der Waals surface area contributed by atoms with Gasteiger partial charge in [-0.25, -0.2) is 9.59 Å². The van der Waals surface area contributed by atoms with Gasteiger partial charge in [0.25, 0.3) is 0 Å². The van der Waals surface area contributed by atoms with Crippen LogP contribution in [-0.4, -0.2) is 28.7 Å². The van der Waals surface area contributed by atoms with E-state index in [4.69, 9.17) is 10.8 Å². The molecule has 5 N–H and O–H groups in total. The molecule has 6 heteroatoms. The Morgan fingerprint density at radius 2 is 1.80 bits per heavy atom. The van der Waals surface area contributed by atoms with Gasteiger partial charge in [0.05, 0.1) is 0 Å². The molecule has 1 atom stereocenters. The van der Waals surface area contributed by atoms with Crippen molar-refractivity contribution < 1.29 is 14.7 Å². The van der Waals surface area contributed by atoms with Crippen molar-refractivity contribution in [2.45, 2.75) is 38.8 Å². The van der Waals surface area contributed by atoms with E-state index in [1.54, 1.807) is 0 Å². The van der Waals surface area contributed by atoms with Gasteiger partial charge >= 0.3 is 12.0 Å². The number of carbonyl (C=O) groups is 2. The zero-order valence-electron chi connectivity index (χ0n) is 11.9. The first-order valence-electron chi connectivity index (χ1n) is 6.33. The van der Waals surface area contributed by atoms with Crippen molar-refractivity contribution in [2.24, 2.45) is 5.73 Å². The van der Waals surface area contributed by atoms with E-state index in [0.717, 1.165) is 11.3 Å². The molecule has 0 aliphatic rings. The van der Waals surface area contributed by atoms with E-state index >= 15 is 0 Å². The number of carboxylic acid groups (broad SMARTS) is 1. The third-order valence-corrected chi connectivity index (χ3v) is 2.53. The van der Waals surface area contributed by atoms with Crippen LogP contribution in [0.3, 0.4) is 0 Å². The van der Waals surface area contributed by atoms with Crippen LogP contribution in [-0.2, 0) is 11.2 Å². The molecule has 0 bridgehead atoms. The fourth-order valence-electron chi connectivity index (χ4n) is 1.76. The standard InChI is InChI=1S/C14H21N3O3/c1-14(2,3)17-10-6-4-9(5-7-10)8-11(12(18)19)16-13(15)20/h4-7,11,17H,8H2,1-3H3,(H,18,19)(H3,15,16,20)/t11-/m0/s1. The smallest absolute Gasteiger partial charge is 0.326 e.